The largest absolute Gasteiger partial charge is 0.385 e. The Labute approximate surface area is 97.0 Å². The first-order valence-electron chi connectivity index (χ1n) is 6.13. The van der Waals surface area contributed by atoms with Gasteiger partial charge in [0.2, 0.25) is 0 Å². The molecule has 0 aliphatic carbocycles. The van der Waals surface area contributed by atoms with Crippen molar-refractivity contribution in [1.82, 2.24) is 14.9 Å². The van der Waals surface area contributed by atoms with Crippen LogP contribution in [0.3, 0.4) is 0 Å². The number of nitrogens with one attached hydrogen (secondary N) is 1. The van der Waals surface area contributed by atoms with E-state index in [-0.39, 0.29) is 0 Å². The van der Waals surface area contributed by atoms with Gasteiger partial charge in [0, 0.05) is 51.9 Å². The highest BCUT2D eigenvalue weighted by molar-refractivity contribution is 5.20. The molecule has 2 heterocycles. The number of imidazole rings is 1. The molecule has 0 spiro atoms. The van der Waals surface area contributed by atoms with Crippen molar-refractivity contribution in [2.45, 2.75) is 39.3 Å². The monoisotopic (exact) mass is 223 g/mol. The van der Waals surface area contributed by atoms with Gasteiger partial charge in [-0.05, 0) is 6.42 Å². The van der Waals surface area contributed by atoms with Crippen molar-refractivity contribution >= 4 is 0 Å². The van der Waals surface area contributed by atoms with Gasteiger partial charge in [-0.2, -0.15) is 0 Å². The van der Waals surface area contributed by atoms with Crippen LogP contribution in [0.4, 0.5) is 0 Å². The highest BCUT2D eigenvalue weighted by atomic mass is 16.5. The molecule has 16 heavy (non-hydrogen) atoms. The summed E-state index contributed by atoms with van der Waals surface area (Å²) in [6.07, 6.45) is 3.19. The number of aryl methyl sites for hydroxylation is 1. The standard InChI is InChI=1S/C12H21N3O/c1-3-12-14-10-9-13-6-5-11(10)15(12)7-4-8-16-2/h13H,3-9H2,1-2H3. The summed E-state index contributed by atoms with van der Waals surface area (Å²) in [4.78, 5) is 4.71. The van der Waals surface area contributed by atoms with Crippen molar-refractivity contribution in [2.24, 2.45) is 0 Å². The van der Waals surface area contributed by atoms with E-state index in [4.69, 9.17) is 9.72 Å². The number of hydrogen-bond acceptors (Lipinski definition) is 3. The first kappa shape index (κ1) is 11.6. The molecule has 4 heteroatoms. The van der Waals surface area contributed by atoms with Crippen LogP contribution < -0.4 is 5.32 Å². The second-order valence-corrected chi connectivity index (χ2v) is 4.20. The SMILES string of the molecule is CCc1nc2c(n1CCCOC)CCNC2. The quantitative estimate of drug-likeness (QED) is 0.761. The second kappa shape index (κ2) is 5.46. The molecule has 1 N–H and O–H groups in total. The summed E-state index contributed by atoms with van der Waals surface area (Å²) < 4.78 is 7.51. The molecule has 0 saturated heterocycles. The number of methoxy groups -OCH3 is 1. The van der Waals surface area contributed by atoms with Crippen LogP contribution in [-0.2, 0) is 30.7 Å². The second-order valence-electron chi connectivity index (χ2n) is 4.20. The molecule has 1 aliphatic rings. The first-order valence-corrected chi connectivity index (χ1v) is 6.13. The Hall–Kier alpha value is -0.870. The molecule has 4 nitrogen and oxygen atoms in total. The molecule has 0 amide bonds. The van der Waals surface area contributed by atoms with Gasteiger partial charge < -0.3 is 14.6 Å². The minimum absolute atomic E-state index is 0.828. The molecule has 0 saturated carbocycles. The third-order valence-electron chi connectivity index (χ3n) is 3.11. The number of fused-ring (bicyclic) bond motifs is 1. The number of hydrogen-bond donors (Lipinski definition) is 1. The van der Waals surface area contributed by atoms with Gasteiger partial charge in [0.05, 0.1) is 5.69 Å². The minimum atomic E-state index is 0.828. The van der Waals surface area contributed by atoms with Crippen LogP contribution in [0, 0.1) is 0 Å². The van der Waals surface area contributed by atoms with Gasteiger partial charge >= 0.3 is 0 Å². The lowest BCUT2D eigenvalue weighted by atomic mass is 10.2. The Bertz CT molecular complexity index is 346. The average Bonchev–Trinajstić information content (AvgIpc) is 2.68. The zero-order valence-electron chi connectivity index (χ0n) is 10.3. The van der Waals surface area contributed by atoms with E-state index in [9.17, 15) is 0 Å². The molecular formula is C12H21N3O. The molecule has 90 valence electrons. The summed E-state index contributed by atoms with van der Waals surface area (Å²) in [5.74, 6) is 1.23. The summed E-state index contributed by atoms with van der Waals surface area (Å²) in [6, 6.07) is 0. The Balaban J connectivity index is 2.16. The molecule has 0 aromatic carbocycles. The highest BCUT2D eigenvalue weighted by Gasteiger charge is 2.18. The molecule has 1 aliphatic heterocycles. The topological polar surface area (TPSA) is 39.1 Å². The lowest BCUT2D eigenvalue weighted by Gasteiger charge is -2.15. The number of nitrogens with zero attached hydrogens (tertiary/aromatic N) is 2. The molecular weight excluding hydrogens is 202 g/mol. The van der Waals surface area contributed by atoms with E-state index >= 15 is 0 Å². The maximum Gasteiger partial charge on any atom is 0.108 e. The lowest BCUT2D eigenvalue weighted by molar-refractivity contribution is 0.189. The normalized spacial score (nSPS) is 15.1. The molecule has 0 radical (unpaired) electrons. The Morgan fingerprint density at radius 3 is 3.12 bits per heavy atom. The third kappa shape index (κ3) is 2.28. The van der Waals surface area contributed by atoms with E-state index in [1.165, 1.54) is 17.2 Å². The number of ether oxygens (including phenoxy) is 1. The van der Waals surface area contributed by atoms with E-state index in [0.717, 1.165) is 45.5 Å². The maximum atomic E-state index is 5.11. The zero-order valence-corrected chi connectivity index (χ0v) is 10.3. The summed E-state index contributed by atoms with van der Waals surface area (Å²) in [6.45, 7) is 6.05. The first-order chi connectivity index (χ1) is 7.86. The Morgan fingerprint density at radius 2 is 2.38 bits per heavy atom. The summed E-state index contributed by atoms with van der Waals surface area (Å²) >= 11 is 0. The van der Waals surface area contributed by atoms with Gasteiger partial charge in [0.25, 0.3) is 0 Å². The van der Waals surface area contributed by atoms with Crippen LogP contribution in [0.25, 0.3) is 0 Å². The summed E-state index contributed by atoms with van der Waals surface area (Å²) in [5, 5.41) is 3.37. The van der Waals surface area contributed by atoms with Crippen molar-refractivity contribution in [3.05, 3.63) is 17.2 Å². The molecule has 2 rings (SSSR count). The van der Waals surface area contributed by atoms with Crippen molar-refractivity contribution in [3.8, 4) is 0 Å². The van der Waals surface area contributed by atoms with Crippen LogP contribution in [0.2, 0.25) is 0 Å². The van der Waals surface area contributed by atoms with Gasteiger partial charge in [-0.25, -0.2) is 4.98 Å². The Morgan fingerprint density at radius 1 is 1.50 bits per heavy atom. The average molecular weight is 223 g/mol. The lowest BCUT2D eigenvalue weighted by Crippen LogP contribution is -2.25. The van der Waals surface area contributed by atoms with E-state index in [2.05, 4.69) is 16.8 Å². The van der Waals surface area contributed by atoms with Gasteiger partial charge in [-0.3, -0.25) is 0 Å². The molecule has 0 bridgehead atoms. The van der Waals surface area contributed by atoms with Crippen LogP contribution >= 0.6 is 0 Å². The fourth-order valence-electron chi connectivity index (χ4n) is 2.33. The summed E-state index contributed by atoms with van der Waals surface area (Å²) in [5.41, 5.74) is 2.69. The predicted molar refractivity (Wildman–Crippen MR) is 63.5 cm³/mol. The molecule has 0 fully saturated rings. The Kier molecular flexibility index (Phi) is 3.96. The van der Waals surface area contributed by atoms with Crippen molar-refractivity contribution in [3.63, 3.8) is 0 Å². The fraction of sp³-hybridized carbons (Fsp3) is 0.750. The highest BCUT2D eigenvalue weighted by Crippen LogP contribution is 2.17. The molecule has 0 atom stereocenters. The van der Waals surface area contributed by atoms with Crippen LogP contribution in [0.5, 0.6) is 0 Å². The number of rotatable bonds is 5. The van der Waals surface area contributed by atoms with Crippen LogP contribution in [-0.4, -0.2) is 29.8 Å². The molecule has 1 aromatic heterocycles. The van der Waals surface area contributed by atoms with Gasteiger partial charge in [0.1, 0.15) is 5.82 Å². The number of aromatic nitrogens is 2. The fourth-order valence-corrected chi connectivity index (χ4v) is 2.33. The van der Waals surface area contributed by atoms with Gasteiger partial charge in [-0.1, -0.05) is 6.92 Å². The maximum absolute atomic E-state index is 5.11. The third-order valence-corrected chi connectivity index (χ3v) is 3.11. The van der Waals surface area contributed by atoms with Gasteiger partial charge in [-0.15, -0.1) is 0 Å². The zero-order chi connectivity index (χ0) is 11.4. The van der Waals surface area contributed by atoms with E-state index in [1.807, 2.05) is 0 Å². The van der Waals surface area contributed by atoms with Crippen molar-refractivity contribution in [1.29, 1.82) is 0 Å². The van der Waals surface area contributed by atoms with E-state index in [1.54, 1.807) is 7.11 Å². The summed E-state index contributed by atoms with van der Waals surface area (Å²) in [7, 11) is 1.76. The van der Waals surface area contributed by atoms with Crippen molar-refractivity contribution in [2.75, 3.05) is 20.3 Å². The predicted octanol–water partition coefficient (Wildman–Crippen LogP) is 1.13. The van der Waals surface area contributed by atoms with Crippen LogP contribution in [0.15, 0.2) is 0 Å². The molecule has 0 unspecified atom stereocenters. The molecule has 1 aromatic rings. The van der Waals surface area contributed by atoms with E-state index in [0.29, 0.717) is 0 Å². The van der Waals surface area contributed by atoms with E-state index < -0.39 is 0 Å². The minimum Gasteiger partial charge on any atom is -0.385 e. The van der Waals surface area contributed by atoms with Gasteiger partial charge in [0.15, 0.2) is 0 Å². The van der Waals surface area contributed by atoms with Crippen molar-refractivity contribution < 1.29 is 4.74 Å². The smallest absolute Gasteiger partial charge is 0.108 e. The van der Waals surface area contributed by atoms with Crippen LogP contribution in [0.1, 0.15) is 30.6 Å².